The minimum Gasteiger partial charge on any atom is -0.463 e. The van der Waals surface area contributed by atoms with Gasteiger partial charge in [0.1, 0.15) is 36.2 Å². The maximum absolute atomic E-state index is 12.3. The van der Waals surface area contributed by atoms with Gasteiger partial charge in [-0.15, -0.1) is 0 Å². The quantitative estimate of drug-likeness (QED) is 0.414. The molecule has 1 fully saturated rings. The number of benzene rings is 1. The monoisotopic (exact) mass is 377 g/mol. The van der Waals surface area contributed by atoms with E-state index in [1.165, 1.54) is 12.3 Å². The molecule has 1 saturated heterocycles. The maximum Gasteiger partial charge on any atom is 0.244 e. The molecule has 9 nitrogen and oxygen atoms in total. The van der Waals surface area contributed by atoms with Crippen molar-refractivity contribution < 1.29 is 34.4 Å². The lowest BCUT2D eigenvalue weighted by atomic mass is 9.97. The van der Waals surface area contributed by atoms with E-state index in [9.17, 15) is 24.9 Å². The molecule has 3 rings (SSSR count). The van der Waals surface area contributed by atoms with Crippen LogP contribution in [-0.2, 0) is 9.53 Å². The third kappa shape index (κ3) is 3.92. The van der Waals surface area contributed by atoms with E-state index in [2.05, 4.69) is 5.32 Å². The van der Waals surface area contributed by atoms with Crippen LogP contribution in [0, 0.1) is 0 Å². The SMILES string of the molecule is O=C(/C=C/c1coc2ccccc2c1=O)NC1C(O)O[C@H](CO)C(O)[C@@H]1O. The lowest BCUT2D eigenvalue weighted by Crippen LogP contribution is -2.64. The standard InChI is InChI=1S/C18H19NO8/c20-7-12-16(23)17(24)14(18(25)27-12)19-13(21)6-5-9-8-26-11-4-2-1-3-10(11)15(9)22/h1-6,8,12,14,16-18,20,23-25H,7H2,(H,19,21)/b6-5+/t12-,14?,16?,17-,18?/m1/s1. The van der Waals surface area contributed by atoms with Crippen molar-refractivity contribution in [3.05, 3.63) is 52.4 Å². The number of carbonyl (C=O) groups is 1. The molecule has 144 valence electrons. The Kier molecular flexibility index (Phi) is 5.68. The van der Waals surface area contributed by atoms with Gasteiger partial charge in [-0.2, -0.15) is 0 Å². The second-order valence-electron chi connectivity index (χ2n) is 6.11. The van der Waals surface area contributed by atoms with Crippen LogP contribution in [0.15, 0.2) is 45.8 Å². The number of fused-ring (bicyclic) bond motifs is 1. The summed E-state index contributed by atoms with van der Waals surface area (Å²) in [4.78, 5) is 24.4. The van der Waals surface area contributed by atoms with E-state index in [-0.39, 0.29) is 11.0 Å². The second-order valence-corrected chi connectivity index (χ2v) is 6.11. The number of hydrogen-bond donors (Lipinski definition) is 5. The fourth-order valence-electron chi connectivity index (χ4n) is 2.84. The largest absolute Gasteiger partial charge is 0.463 e. The van der Waals surface area contributed by atoms with Gasteiger partial charge in [-0.3, -0.25) is 9.59 Å². The van der Waals surface area contributed by atoms with Crippen molar-refractivity contribution in [1.29, 1.82) is 0 Å². The molecule has 1 amide bonds. The zero-order valence-corrected chi connectivity index (χ0v) is 14.1. The summed E-state index contributed by atoms with van der Waals surface area (Å²) in [6.07, 6.45) is -2.33. The van der Waals surface area contributed by atoms with Crippen LogP contribution >= 0.6 is 0 Å². The van der Waals surface area contributed by atoms with E-state index in [4.69, 9.17) is 14.3 Å². The van der Waals surface area contributed by atoms with Crippen LogP contribution in [0.4, 0.5) is 0 Å². The number of carbonyl (C=O) groups excluding carboxylic acids is 1. The van der Waals surface area contributed by atoms with Crippen molar-refractivity contribution in [2.75, 3.05) is 6.61 Å². The molecule has 27 heavy (non-hydrogen) atoms. The lowest BCUT2D eigenvalue weighted by molar-refractivity contribution is -0.253. The Labute approximate surface area is 153 Å². The summed E-state index contributed by atoms with van der Waals surface area (Å²) >= 11 is 0. The van der Waals surface area contributed by atoms with Crippen LogP contribution in [0.5, 0.6) is 0 Å². The Bertz CT molecular complexity index is 908. The van der Waals surface area contributed by atoms with Crippen molar-refractivity contribution in [1.82, 2.24) is 5.32 Å². The highest BCUT2D eigenvalue weighted by Crippen LogP contribution is 2.19. The number of aliphatic hydroxyl groups is 4. The van der Waals surface area contributed by atoms with E-state index in [1.54, 1.807) is 24.3 Å². The van der Waals surface area contributed by atoms with Gasteiger partial charge < -0.3 is 34.9 Å². The highest BCUT2D eigenvalue weighted by molar-refractivity contribution is 5.92. The van der Waals surface area contributed by atoms with E-state index < -0.39 is 43.2 Å². The van der Waals surface area contributed by atoms with E-state index in [0.29, 0.717) is 11.0 Å². The van der Waals surface area contributed by atoms with Gasteiger partial charge in [0.15, 0.2) is 11.7 Å². The number of hydrogen-bond acceptors (Lipinski definition) is 8. The summed E-state index contributed by atoms with van der Waals surface area (Å²) in [6, 6.07) is 5.36. The lowest BCUT2D eigenvalue weighted by Gasteiger charge is -2.40. The average Bonchev–Trinajstić information content (AvgIpc) is 2.67. The van der Waals surface area contributed by atoms with E-state index in [0.717, 1.165) is 6.08 Å². The van der Waals surface area contributed by atoms with Gasteiger partial charge in [0, 0.05) is 6.08 Å². The van der Waals surface area contributed by atoms with Crippen LogP contribution in [-0.4, -0.2) is 63.6 Å². The number of rotatable bonds is 4. The van der Waals surface area contributed by atoms with Crippen LogP contribution in [0.1, 0.15) is 5.56 Å². The molecule has 1 aliphatic heterocycles. The van der Waals surface area contributed by atoms with Crippen LogP contribution in [0.25, 0.3) is 17.0 Å². The smallest absolute Gasteiger partial charge is 0.244 e. The summed E-state index contributed by atoms with van der Waals surface area (Å²) in [5.41, 5.74) is 0.246. The highest BCUT2D eigenvalue weighted by atomic mass is 16.6. The molecule has 1 aromatic carbocycles. The normalized spacial score (nSPS) is 28.5. The fourth-order valence-corrected chi connectivity index (χ4v) is 2.84. The van der Waals surface area contributed by atoms with Gasteiger partial charge in [-0.25, -0.2) is 0 Å². The predicted molar refractivity (Wildman–Crippen MR) is 93.4 cm³/mol. The summed E-state index contributed by atoms with van der Waals surface area (Å²) in [6.45, 7) is -0.604. The molecule has 0 radical (unpaired) electrons. The summed E-state index contributed by atoms with van der Waals surface area (Å²) in [5.74, 6) is -0.732. The van der Waals surface area contributed by atoms with Crippen LogP contribution in [0.2, 0.25) is 0 Å². The minimum atomic E-state index is -1.62. The first-order chi connectivity index (χ1) is 12.9. The molecule has 0 saturated carbocycles. The molecule has 1 aliphatic rings. The number of aliphatic hydroxyl groups excluding tert-OH is 4. The number of para-hydroxylation sites is 1. The maximum atomic E-state index is 12.3. The molecule has 9 heteroatoms. The predicted octanol–water partition coefficient (Wildman–Crippen LogP) is -1.28. The van der Waals surface area contributed by atoms with Gasteiger partial charge in [0.25, 0.3) is 0 Å². The number of nitrogens with one attached hydrogen (secondary N) is 1. The first-order valence-electron chi connectivity index (χ1n) is 8.22. The highest BCUT2D eigenvalue weighted by Gasteiger charge is 2.44. The van der Waals surface area contributed by atoms with Crippen LogP contribution in [0.3, 0.4) is 0 Å². The van der Waals surface area contributed by atoms with Gasteiger partial charge >= 0.3 is 0 Å². The van der Waals surface area contributed by atoms with Crippen LogP contribution < -0.4 is 10.7 Å². The van der Waals surface area contributed by atoms with Gasteiger partial charge in [0.2, 0.25) is 5.91 Å². The molecule has 0 bridgehead atoms. The first-order valence-corrected chi connectivity index (χ1v) is 8.22. The Morgan fingerprint density at radius 2 is 1.93 bits per heavy atom. The Morgan fingerprint density at radius 1 is 1.19 bits per heavy atom. The van der Waals surface area contributed by atoms with Crippen molar-refractivity contribution in [3.8, 4) is 0 Å². The third-order valence-corrected chi connectivity index (χ3v) is 4.33. The molecular weight excluding hydrogens is 358 g/mol. The number of ether oxygens (including phenoxy) is 1. The van der Waals surface area contributed by atoms with Gasteiger partial charge in [0.05, 0.1) is 17.6 Å². The molecule has 0 spiro atoms. The summed E-state index contributed by atoms with van der Waals surface area (Å²) < 4.78 is 10.3. The van der Waals surface area contributed by atoms with Crippen molar-refractivity contribution in [2.24, 2.45) is 0 Å². The number of amides is 1. The van der Waals surface area contributed by atoms with Crippen molar-refractivity contribution >= 4 is 23.0 Å². The second kappa shape index (κ2) is 7.99. The Balaban J connectivity index is 1.72. The van der Waals surface area contributed by atoms with Gasteiger partial charge in [-0.05, 0) is 18.2 Å². The molecule has 1 aromatic heterocycles. The third-order valence-electron chi connectivity index (χ3n) is 4.33. The molecule has 5 N–H and O–H groups in total. The van der Waals surface area contributed by atoms with E-state index in [1.807, 2.05) is 0 Å². The molecule has 2 heterocycles. The fraction of sp³-hybridized carbons (Fsp3) is 0.333. The minimum absolute atomic E-state index is 0.144. The molecular formula is C18H19NO8. The van der Waals surface area contributed by atoms with Crippen molar-refractivity contribution in [3.63, 3.8) is 0 Å². The Morgan fingerprint density at radius 3 is 2.67 bits per heavy atom. The molecule has 0 aliphatic carbocycles. The zero-order valence-electron chi connectivity index (χ0n) is 14.1. The summed E-state index contributed by atoms with van der Waals surface area (Å²) in [5, 5.41) is 41.4. The van der Waals surface area contributed by atoms with Crippen molar-refractivity contribution in [2.45, 2.75) is 30.6 Å². The first kappa shape index (κ1) is 19.2. The van der Waals surface area contributed by atoms with E-state index >= 15 is 0 Å². The molecule has 2 aromatic rings. The molecule has 3 unspecified atom stereocenters. The zero-order chi connectivity index (χ0) is 19.6. The summed E-state index contributed by atoms with van der Waals surface area (Å²) in [7, 11) is 0. The average molecular weight is 377 g/mol. The Hall–Kier alpha value is -2.56. The topological polar surface area (TPSA) is 149 Å². The van der Waals surface area contributed by atoms with Gasteiger partial charge in [-0.1, -0.05) is 12.1 Å². The molecule has 5 atom stereocenters.